The summed E-state index contributed by atoms with van der Waals surface area (Å²) >= 11 is 0. The summed E-state index contributed by atoms with van der Waals surface area (Å²) in [7, 11) is -3.81. The second-order valence-electron chi connectivity index (χ2n) is 7.19. The summed E-state index contributed by atoms with van der Waals surface area (Å²) < 4.78 is 101. The number of nitrogens with one attached hydrogen (secondary N) is 2. The zero-order valence-corrected chi connectivity index (χ0v) is 18.6. The number of aromatic nitrogens is 2. The van der Waals surface area contributed by atoms with Crippen LogP contribution in [0.3, 0.4) is 0 Å². The van der Waals surface area contributed by atoms with Gasteiger partial charge in [0.15, 0.2) is 6.61 Å². The molecule has 0 aliphatic heterocycles. The molecule has 0 aliphatic carbocycles. The Bertz CT molecular complexity index is 1180. The summed E-state index contributed by atoms with van der Waals surface area (Å²) in [5.41, 5.74) is -0.960. The maximum Gasteiger partial charge on any atom is 0.456 e. The molecule has 1 atom stereocenters. The molecule has 1 aromatic heterocycles. The molecule has 190 valence electrons. The van der Waals surface area contributed by atoms with Gasteiger partial charge in [-0.15, -0.1) is 0 Å². The number of aromatic amines is 1. The van der Waals surface area contributed by atoms with E-state index in [2.05, 4.69) is 9.46 Å². The third-order valence-corrected chi connectivity index (χ3v) is 5.92. The summed E-state index contributed by atoms with van der Waals surface area (Å²) in [5.74, 6) is -5.66. The van der Waals surface area contributed by atoms with Gasteiger partial charge in [0.2, 0.25) is 10.0 Å². The van der Waals surface area contributed by atoms with E-state index in [0.29, 0.717) is 0 Å². The van der Waals surface area contributed by atoms with E-state index in [9.17, 15) is 40.0 Å². The van der Waals surface area contributed by atoms with Gasteiger partial charge >= 0.3 is 17.8 Å². The molecule has 0 unspecified atom stereocenters. The fourth-order valence-corrected chi connectivity index (χ4v) is 3.88. The first-order valence-electron chi connectivity index (χ1n) is 9.75. The van der Waals surface area contributed by atoms with Crippen LogP contribution in [0.1, 0.15) is 24.9 Å². The Kier molecular flexibility index (Phi) is 8.96. The predicted octanol–water partition coefficient (Wildman–Crippen LogP) is 2.16. The number of ether oxygens (including phenoxy) is 2. The van der Waals surface area contributed by atoms with E-state index in [4.69, 9.17) is 4.74 Å². The average molecular weight is 515 g/mol. The van der Waals surface area contributed by atoms with Crippen molar-refractivity contribution in [1.29, 1.82) is 0 Å². The molecule has 0 amide bonds. The molecule has 0 bridgehead atoms. The van der Waals surface area contributed by atoms with Crippen LogP contribution >= 0.6 is 0 Å². The van der Waals surface area contributed by atoms with Crippen molar-refractivity contribution in [2.45, 2.75) is 38.2 Å². The normalized spacial score (nSPS) is 13.6. The molecule has 0 radical (unpaired) electrons. The fraction of sp³-hybridized carbons (Fsp3) is 0.474. The van der Waals surface area contributed by atoms with Gasteiger partial charge in [-0.1, -0.05) is 12.1 Å². The molecule has 0 fully saturated rings. The molecule has 1 heterocycles. The Labute approximate surface area is 190 Å². The highest BCUT2D eigenvalue weighted by molar-refractivity contribution is 7.89. The summed E-state index contributed by atoms with van der Waals surface area (Å²) in [4.78, 5) is 24.5. The molecule has 2 aromatic rings. The molecule has 0 spiro atoms. The Morgan fingerprint density at radius 3 is 2.50 bits per heavy atom. The molecule has 0 saturated carbocycles. The molecule has 34 heavy (non-hydrogen) atoms. The van der Waals surface area contributed by atoms with Crippen LogP contribution in [0.5, 0.6) is 5.75 Å². The first kappa shape index (κ1) is 27.5. The van der Waals surface area contributed by atoms with Crippen LogP contribution in [0.25, 0.3) is 0 Å². The number of sulfonamides is 1. The number of benzene rings is 1. The van der Waals surface area contributed by atoms with Crippen molar-refractivity contribution in [1.82, 2.24) is 14.3 Å². The van der Waals surface area contributed by atoms with E-state index in [-0.39, 0.29) is 36.8 Å². The minimum Gasteiger partial charge on any atom is -0.487 e. The van der Waals surface area contributed by atoms with Gasteiger partial charge < -0.3 is 9.47 Å². The minimum atomic E-state index is -5.76. The Morgan fingerprint density at radius 2 is 1.85 bits per heavy atom. The number of nitrogens with zero attached hydrogens (tertiary/aromatic N) is 1. The number of H-pyrrole nitrogens is 1. The highest BCUT2D eigenvalue weighted by atomic mass is 32.2. The van der Waals surface area contributed by atoms with Crippen molar-refractivity contribution >= 4 is 10.0 Å². The van der Waals surface area contributed by atoms with Gasteiger partial charge in [-0.2, -0.15) is 22.0 Å². The largest absolute Gasteiger partial charge is 0.487 e. The molecule has 1 aromatic carbocycles. The molecular weight excluding hydrogens is 493 g/mol. The zero-order valence-electron chi connectivity index (χ0n) is 17.8. The Balaban J connectivity index is 1.84. The van der Waals surface area contributed by atoms with Gasteiger partial charge in [0.25, 0.3) is 5.56 Å². The van der Waals surface area contributed by atoms with Crippen molar-refractivity contribution in [3.05, 3.63) is 62.9 Å². The van der Waals surface area contributed by atoms with Crippen LogP contribution in [0.15, 0.2) is 46.1 Å². The third kappa shape index (κ3) is 8.22. The maximum absolute atomic E-state index is 13.0. The predicted molar refractivity (Wildman–Crippen MR) is 110 cm³/mol. The van der Waals surface area contributed by atoms with Crippen LogP contribution < -0.4 is 20.7 Å². The lowest BCUT2D eigenvalue weighted by molar-refractivity contribution is -0.290. The van der Waals surface area contributed by atoms with E-state index in [1.165, 1.54) is 31.3 Å². The Morgan fingerprint density at radius 1 is 1.15 bits per heavy atom. The zero-order chi connectivity index (χ0) is 25.6. The summed E-state index contributed by atoms with van der Waals surface area (Å²) in [6.07, 6.45) is -4.47. The van der Waals surface area contributed by atoms with Gasteiger partial charge in [0, 0.05) is 24.9 Å². The van der Waals surface area contributed by atoms with Crippen molar-refractivity contribution < 1.29 is 39.8 Å². The lowest BCUT2D eigenvalue weighted by Gasteiger charge is -2.20. The average Bonchev–Trinajstić information content (AvgIpc) is 2.72. The third-order valence-electron chi connectivity index (χ3n) is 4.38. The number of hydrogen-bond acceptors (Lipinski definition) is 6. The van der Waals surface area contributed by atoms with E-state index < -0.39 is 46.0 Å². The van der Waals surface area contributed by atoms with Gasteiger partial charge in [-0.3, -0.25) is 14.3 Å². The van der Waals surface area contributed by atoms with Crippen molar-refractivity contribution in [3.63, 3.8) is 0 Å². The second-order valence-corrected chi connectivity index (χ2v) is 9.07. The second kappa shape index (κ2) is 11.1. The molecule has 9 nitrogen and oxygen atoms in total. The maximum atomic E-state index is 13.0. The van der Waals surface area contributed by atoms with Gasteiger partial charge in [0.1, 0.15) is 12.5 Å². The summed E-state index contributed by atoms with van der Waals surface area (Å²) in [6, 6.07) is 5.40. The van der Waals surface area contributed by atoms with E-state index in [1.807, 2.05) is 4.98 Å². The first-order chi connectivity index (χ1) is 15.7. The van der Waals surface area contributed by atoms with Crippen LogP contribution in [0, 0.1) is 0 Å². The molecule has 0 saturated heterocycles. The number of halogens is 5. The van der Waals surface area contributed by atoms with Crippen LogP contribution in [0.2, 0.25) is 0 Å². The number of rotatable bonds is 12. The lowest BCUT2D eigenvalue weighted by Crippen LogP contribution is -2.41. The standard InChI is InChI=1S/C19H22F5N3O6S/c1-13(14-4-2-5-15(10-14)33-11-18(20,21)19(22,23)24)26-34(30,31)9-3-8-32-12-27-7-6-16(28)25-17(27)29/h2,4-7,10,13,26H,3,8-9,11-12H2,1H3,(H,25,28,29)/t13-/m1/s1. The van der Waals surface area contributed by atoms with Gasteiger partial charge in [-0.05, 0) is 31.0 Å². The smallest absolute Gasteiger partial charge is 0.456 e. The van der Waals surface area contributed by atoms with Crippen LogP contribution in [0.4, 0.5) is 22.0 Å². The Hall–Kier alpha value is -2.78. The topological polar surface area (TPSA) is 119 Å². The van der Waals surface area contributed by atoms with E-state index in [0.717, 1.165) is 16.7 Å². The van der Waals surface area contributed by atoms with Gasteiger partial charge in [-0.25, -0.2) is 17.9 Å². The number of alkyl halides is 5. The minimum absolute atomic E-state index is 0.0163. The fourth-order valence-electron chi connectivity index (χ4n) is 2.59. The van der Waals surface area contributed by atoms with Crippen LogP contribution in [-0.2, 0) is 21.5 Å². The molecule has 0 aliphatic rings. The first-order valence-corrected chi connectivity index (χ1v) is 11.4. The number of hydrogen-bond donors (Lipinski definition) is 2. The molecule has 15 heteroatoms. The SMILES string of the molecule is C[C@@H](NS(=O)(=O)CCCOCn1ccc(=O)[nH]c1=O)c1cccc(OCC(F)(F)C(F)(F)F)c1. The highest BCUT2D eigenvalue weighted by Gasteiger charge is 2.58. The van der Waals surface area contributed by atoms with Gasteiger partial charge in [0.05, 0.1) is 5.75 Å². The monoisotopic (exact) mass is 515 g/mol. The molecular formula is C19H22F5N3O6S. The highest BCUT2D eigenvalue weighted by Crippen LogP contribution is 2.35. The van der Waals surface area contributed by atoms with Crippen LogP contribution in [-0.4, -0.2) is 49.0 Å². The molecule has 2 N–H and O–H groups in total. The molecule has 2 rings (SSSR count). The van der Waals surface area contributed by atoms with Crippen molar-refractivity contribution in [2.75, 3.05) is 19.0 Å². The summed E-state index contributed by atoms with van der Waals surface area (Å²) in [5, 5.41) is 0. The van der Waals surface area contributed by atoms with Crippen molar-refractivity contribution in [3.8, 4) is 5.75 Å². The summed E-state index contributed by atoms with van der Waals surface area (Å²) in [6.45, 7) is -0.664. The van der Waals surface area contributed by atoms with E-state index in [1.54, 1.807) is 0 Å². The lowest BCUT2D eigenvalue weighted by atomic mass is 10.1. The quantitative estimate of drug-likeness (QED) is 0.330. The van der Waals surface area contributed by atoms with Crippen molar-refractivity contribution in [2.24, 2.45) is 0 Å². The van der Waals surface area contributed by atoms with E-state index >= 15 is 0 Å².